The fourth-order valence-corrected chi connectivity index (χ4v) is 3.26. The summed E-state index contributed by atoms with van der Waals surface area (Å²) in [5.41, 5.74) is 5.64. The Kier molecular flexibility index (Phi) is 8.93. The van der Waals surface area contributed by atoms with E-state index in [0.717, 1.165) is 32.5 Å². The maximum Gasteiger partial charge on any atom is 0.220 e. The van der Waals surface area contributed by atoms with Crippen LogP contribution in [0.15, 0.2) is 0 Å². The van der Waals surface area contributed by atoms with Crippen LogP contribution in [-0.4, -0.2) is 43.0 Å². The average Bonchev–Trinajstić information content (AvgIpc) is 2.92. The molecule has 0 aromatic rings. The number of hydrogen-bond acceptors (Lipinski definition) is 3. The van der Waals surface area contributed by atoms with E-state index in [0.29, 0.717) is 24.3 Å². The van der Waals surface area contributed by atoms with Crippen LogP contribution in [-0.2, 0) is 4.79 Å². The van der Waals surface area contributed by atoms with Crippen molar-refractivity contribution >= 4 is 5.91 Å². The standard InChI is InChI=1S/C17H35N3O/c1-4-5-15(8-10-18)6-7-17(21)19-12-16-9-11-20(13-16)14(2)3/h14-16H,4-13,18H2,1-3H3,(H,19,21). The van der Waals surface area contributed by atoms with E-state index in [1.165, 1.54) is 25.8 Å². The first kappa shape index (κ1) is 18.4. The van der Waals surface area contributed by atoms with Crippen molar-refractivity contribution in [2.45, 2.75) is 65.3 Å². The zero-order valence-corrected chi connectivity index (χ0v) is 14.2. The summed E-state index contributed by atoms with van der Waals surface area (Å²) in [5.74, 6) is 1.47. The average molecular weight is 297 g/mol. The van der Waals surface area contributed by atoms with Gasteiger partial charge in [0.25, 0.3) is 0 Å². The molecule has 0 aromatic carbocycles. The van der Waals surface area contributed by atoms with Crippen LogP contribution in [0.25, 0.3) is 0 Å². The Hall–Kier alpha value is -0.610. The third-order valence-electron chi connectivity index (χ3n) is 4.69. The van der Waals surface area contributed by atoms with Gasteiger partial charge in [0.05, 0.1) is 0 Å². The first-order valence-corrected chi connectivity index (χ1v) is 8.77. The smallest absolute Gasteiger partial charge is 0.220 e. The van der Waals surface area contributed by atoms with Crippen molar-refractivity contribution in [1.82, 2.24) is 10.2 Å². The van der Waals surface area contributed by atoms with Gasteiger partial charge < -0.3 is 16.0 Å². The van der Waals surface area contributed by atoms with Crippen LogP contribution in [0.1, 0.15) is 59.3 Å². The summed E-state index contributed by atoms with van der Waals surface area (Å²) >= 11 is 0. The Morgan fingerprint density at radius 1 is 1.33 bits per heavy atom. The molecule has 0 radical (unpaired) electrons. The lowest BCUT2D eigenvalue weighted by Crippen LogP contribution is -2.33. The lowest BCUT2D eigenvalue weighted by atomic mass is 9.94. The van der Waals surface area contributed by atoms with E-state index >= 15 is 0 Å². The van der Waals surface area contributed by atoms with Crippen LogP contribution >= 0.6 is 0 Å². The number of nitrogens with one attached hydrogen (secondary N) is 1. The molecule has 1 amide bonds. The van der Waals surface area contributed by atoms with Crippen molar-refractivity contribution in [2.24, 2.45) is 17.6 Å². The maximum absolute atomic E-state index is 12.0. The fraction of sp³-hybridized carbons (Fsp3) is 0.941. The first-order valence-electron chi connectivity index (χ1n) is 8.77. The molecule has 3 N–H and O–H groups in total. The van der Waals surface area contributed by atoms with Crippen LogP contribution < -0.4 is 11.1 Å². The number of rotatable bonds is 10. The monoisotopic (exact) mass is 297 g/mol. The summed E-state index contributed by atoms with van der Waals surface area (Å²) in [5, 5.41) is 3.13. The minimum Gasteiger partial charge on any atom is -0.356 e. The van der Waals surface area contributed by atoms with Crippen molar-refractivity contribution in [3.05, 3.63) is 0 Å². The molecule has 21 heavy (non-hydrogen) atoms. The maximum atomic E-state index is 12.0. The minimum atomic E-state index is 0.219. The van der Waals surface area contributed by atoms with E-state index < -0.39 is 0 Å². The van der Waals surface area contributed by atoms with Crippen molar-refractivity contribution < 1.29 is 4.79 Å². The topological polar surface area (TPSA) is 58.4 Å². The molecule has 1 heterocycles. The number of carbonyl (C=O) groups excluding carboxylic acids is 1. The normalized spacial score (nSPS) is 20.9. The number of nitrogens with zero attached hydrogens (tertiary/aromatic N) is 1. The molecule has 0 spiro atoms. The molecule has 2 atom stereocenters. The molecule has 0 aromatic heterocycles. The molecular formula is C17H35N3O. The van der Waals surface area contributed by atoms with Gasteiger partial charge in [-0.3, -0.25) is 4.79 Å². The lowest BCUT2D eigenvalue weighted by Gasteiger charge is -2.20. The lowest BCUT2D eigenvalue weighted by molar-refractivity contribution is -0.121. The van der Waals surface area contributed by atoms with Gasteiger partial charge in [-0.2, -0.15) is 0 Å². The highest BCUT2D eigenvalue weighted by Crippen LogP contribution is 2.19. The zero-order valence-electron chi connectivity index (χ0n) is 14.2. The van der Waals surface area contributed by atoms with Gasteiger partial charge in [0, 0.05) is 25.6 Å². The van der Waals surface area contributed by atoms with Gasteiger partial charge in [0.2, 0.25) is 5.91 Å². The summed E-state index contributed by atoms with van der Waals surface area (Å²) in [6, 6.07) is 0.622. The summed E-state index contributed by atoms with van der Waals surface area (Å²) < 4.78 is 0. The molecule has 1 aliphatic rings. The molecule has 4 nitrogen and oxygen atoms in total. The SMILES string of the molecule is CCCC(CCN)CCC(=O)NCC1CCN(C(C)C)C1. The van der Waals surface area contributed by atoms with Crippen LogP contribution in [0.2, 0.25) is 0 Å². The summed E-state index contributed by atoms with van der Waals surface area (Å²) in [6.07, 6.45) is 6.28. The second-order valence-electron chi connectivity index (χ2n) is 6.82. The highest BCUT2D eigenvalue weighted by atomic mass is 16.1. The van der Waals surface area contributed by atoms with Crippen LogP contribution in [0, 0.1) is 11.8 Å². The Labute approximate surface area is 130 Å². The number of likely N-dealkylation sites (tertiary alicyclic amines) is 1. The van der Waals surface area contributed by atoms with Crippen LogP contribution in [0.3, 0.4) is 0 Å². The molecule has 4 heteroatoms. The third kappa shape index (κ3) is 7.28. The van der Waals surface area contributed by atoms with E-state index in [9.17, 15) is 4.79 Å². The second-order valence-corrected chi connectivity index (χ2v) is 6.82. The molecule has 0 bridgehead atoms. The van der Waals surface area contributed by atoms with E-state index in [4.69, 9.17) is 5.73 Å². The fourth-order valence-electron chi connectivity index (χ4n) is 3.26. The number of amides is 1. The number of carbonyl (C=O) groups is 1. The molecule has 1 rings (SSSR count). The third-order valence-corrected chi connectivity index (χ3v) is 4.69. The van der Waals surface area contributed by atoms with Gasteiger partial charge in [0.1, 0.15) is 0 Å². The van der Waals surface area contributed by atoms with Gasteiger partial charge in [-0.25, -0.2) is 0 Å². The molecular weight excluding hydrogens is 262 g/mol. The van der Waals surface area contributed by atoms with Crippen molar-refractivity contribution in [2.75, 3.05) is 26.2 Å². The minimum absolute atomic E-state index is 0.219. The van der Waals surface area contributed by atoms with E-state index in [1.807, 2.05) is 0 Å². The molecule has 124 valence electrons. The summed E-state index contributed by atoms with van der Waals surface area (Å²) in [4.78, 5) is 14.5. The predicted molar refractivity (Wildman–Crippen MR) is 89.1 cm³/mol. The highest BCUT2D eigenvalue weighted by molar-refractivity contribution is 5.75. The van der Waals surface area contributed by atoms with Crippen molar-refractivity contribution in [3.63, 3.8) is 0 Å². The summed E-state index contributed by atoms with van der Waals surface area (Å²) in [6.45, 7) is 10.6. The van der Waals surface area contributed by atoms with E-state index in [-0.39, 0.29) is 5.91 Å². The largest absolute Gasteiger partial charge is 0.356 e. The van der Waals surface area contributed by atoms with E-state index in [2.05, 4.69) is 31.0 Å². The number of nitrogens with two attached hydrogens (primary N) is 1. The van der Waals surface area contributed by atoms with Gasteiger partial charge in [0.15, 0.2) is 0 Å². The molecule has 0 aliphatic carbocycles. The van der Waals surface area contributed by atoms with Crippen molar-refractivity contribution in [3.8, 4) is 0 Å². The predicted octanol–water partition coefficient (Wildman–Crippen LogP) is 2.38. The Bertz CT molecular complexity index is 288. The zero-order chi connectivity index (χ0) is 15.7. The van der Waals surface area contributed by atoms with Gasteiger partial charge in [-0.05, 0) is 58.0 Å². The number of hydrogen-bond donors (Lipinski definition) is 2. The van der Waals surface area contributed by atoms with Gasteiger partial charge in [-0.1, -0.05) is 19.8 Å². The highest BCUT2D eigenvalue weighted by Gasteiger charge is 2.24. The quantitative estimate of drug-likeness (QED) is 0.651. The van der Waals surface area contributed by atoms with E-state index in [1.54, 1.807) is 0 Å². The Balaban J connectivity index is 2.16. The second kappa shape index (κ2) is 10.2. The molecule has 1 aliphatic heterocycles. The molecule has 1 fully saturated rings. The molecule has 1 saturated heterocycles. The van der Waals surface area contributed by atoms with Gasteiger partial charge >= 0.3 is 0 Å². The van der Waals surface area contributed by atoms with Crippen molar-refractivity contribution in [1.29, 1.82) is 0 Å². The van der Waals surface area contributed by atoms with Crippen LogP contribution in [0.4, 0.5) is 0 Å². The first-order chi connectivity index (χ1) is 10.1. The Morgan fingerprint density at radius 3 is 2.67 bits per heavy atom. The van der Waals surface area contributed by atoms with Crippen LogP contribution in [0.5, 0.6) is 0 Å². The summed E-state index contributed by atoms with van der Waals surface area (Å²) in [7, 11) is 0. The van der Waals surface area contributed by atoms with Gasteiger partial charge in [-0.15, -0.1) is 0 Å². The molecule has 2 unspecified atom stereocenters. The molecule has 0 saturated carbocycles. The Morgan fingerprint density at radius 2 is 2.10 bits per heavy atom.